The van der Waals surface area contributed by atoms with Crippen molar-refractivity contribution in [2.24, 2.45) is 11.8 Å². The zero-order valence-electron chi connectivity index (χ0n) is 16.2. The number of aliphatic carboxylic acids is 1. The molecular formula is C22H30N2O4. The molecule has 0 aliphatic heterocycles. The molecule has 1 atom stereocenters. The molecule has 2 aliphatic rings. The van der Waals surface area contributed by atoms with Crippen molar-refractivity contribution in [3.8, 4) is 0 Å². The number of hydrogen-bond acceptors (Lipinski definition) is 3. The van der Waals surface area contributed by atoms with Crippen LogP contribution in [0, 0.1) is 11.8 Å². The van der Waals surface area contributed by atoms with E-state index in [-0.39, 0.29) is 36.1 Å². The zero-order valence-corrected chi connectivity index (χ0v) is 16.2. The number of carboxylic acid groups (broad SMARTS) is 1. The van der Waals surface area contributed by atoms with Crippen LogP contribution in [0.3, 0.4) is 0 Å². The third-order valence-electron chi connectivity index (χ3n) is 6.07. The lowest BCUT2D eigenvalue weighted by atomic mass is 9.85. The van der Waals surface area contributed by atoms with Crippen molar-refractivity contribution in [1.82, 2.24) is 10.6 Å². The van der Waals surface area contributed by atoms with Crippen molar-refractivity contribution in [3.05, 3.63) is 35.9 Å². The zero-order chi connectivity index (χ0) is 19.9. The number of benzene rings is 1. The number of nitrogens with one attached hydrogen (secondary N) is 2. The highest BCUT2D eigenvalue weighted by Crippen LogP contribution is 2.28. The Labute approximate surface area is 166 Å². The first-order valence-electron chi connectivity index (χ1n) is 10.4. The van der Waals surface area contributed by atoms with Gasteiger partial charge < -0.3 is 15.7 Å². The maximum absolute atomic E-state index is 12.6. The van der Waals surface area contributed by atoms with Gasteiger partial charge >= 0.3 is 5.97 Å². The second kappa shape index (κ2) is 9.71. The monoisotopic (exact) mass is 386 g/mol. The number of carbonyl (C=O) groups is 3. The molecule has 3 rings (SSSR count). The third-order valence-corrected chi connectivity index (χ3v) is 6.07. The minimum Gasteiger partial charge on any atom is -0.480 e. The maximum atomic E-state index is 12.6. The molecule has 28 heavy (non-hydrogen) atoms. The van der Waals surface area contributed by atoms with Crippen LogP contribution in [0.4, 0.5) is 0 Å². The van der Waals surface area contributed by atoms with Gasteiger partial charge in [0.05, 0.1) is 0 Å². The molecule has 0 radical (unpaired) electrons. The van der Waals surface area contributed by atoms with E-state index in [0.29, 0.717) is 12.8 Å². The van der Waals surface area contributed by atoms with Gasteiger partial charge in [-0.1, -0.05) is 43.2 Å². The van der Waals surface area contributed by atoms with Crippen molar-refractivity contribution in [1.29, 1.82) is 0 Å². The van der Waals surface area contributed by atoms with Crippen molar-refractivity contribution in [2.45, 2.75) is 69.9 Å². The summed E-state index contributed by atoms with van der Waals surface area (Å²) in [5.74, 6) is -1.06. The van der Waals surface area contributed by atoms with E-state index in [0.717, 1.165) is 44.1 Å². The fraction of sp³-hybridized carbons (Fsp3) is 0.591. The van der Waals surface area contributed by atoms with Gasteiger partial charge in [-0.2, -0.15) is 0 Å². The number of carbonyl (C=O) groups excluding carboxylic acids is 2. The van der Waals surface area contributed by atoms with E-state index < -0.39 is 12.0 Å². The van der Waals surface area contributed by atoms with Crippen LogP contribution in [0.25, 0.3) is 0 Å². The van der Waals surface area contributed by atoms with E-state index in [4.69, 9.17) is 0 Å². The van der Waals surface area contributed by atoms with Crippen LogP contribution in [0.5, 0.6) is 0 Å². The standard InChI is InChI=1S/C22H30N2O4/c25-20(16-8-4-5-9-16)23-18-12-10-17(11-13-18)21(26)24-19(22(27)28)14-15-6-2-1-3-7-15/h1-3,6-7,16-19H,4-5,8-14H2,(H,23,25)(H,24,26)(H,27,28)/t17?,18?,19-/m1/s1. The SMILES string of the molecule is O=C(NC1CCC(C(=O)N[C@H](Cc2ccccc2)C(=O)O)CC1)C1CCCC1. The van der Waals surface area contributed by atoms with E-state index in [1.807, 2.05) is 30.3 Å². The molecule has 2 fully saturated rings. The summed E-state index contributed by atoms with van der Waals surface area (Å²) >= 11 is 0. The molecule has 3 N–H and O–H groups in total. The number of rotatable bonds is 7. The minimum atomic E-state index is -1.02. The molecule has 1 aromatic rings. The lowest BCUT2D eigenvalue weighted by Gasteiger charge is -2.30. The van der Waals surface area contributed by atoms with E-state index in [1.165, 1.54) is 0 Å². The summed E-state index contributed by atoms with van der Waals surface area (Å²) in [6, 6.07) is 8.53. The Morgan fingerprint density at radius 2 is 1.50 bits per heavy atom. The molecular weight excluding hydrogens is 356 g/mol. The molecule has 0 spiro atoms. The van der Waals surface area contributed by atoms with Gasteiger partial charge in [0.2, 0.25) is 11.8 Å². The molecule has 2 aliphatic carbocycles. The van der Waals surface area contributed by atoms with Crippen LogP contribution in [-0.2, 0) is 20.8 Å². The van der Waals surface area contributed by atoms with Crippen LogP contribution >= 0.6 is 0 Å². The van der Waals surface area contributed by atoms with Crippen LogP contribution < -0.4 is 10.6 Å². The Morgan fingerprint density at radius 1 is 0.893 bits per heavy atom. The molecule has 1 aromatic carbocycles. The topological polar surface area (TPSA) is 95.5 Å². The number of carboxylic acids is 1. The average Bonchev–Trinajstić information content (AvgIpc) is 3.24. The fourth-order valence-electron chi connectivity index (χ4n) is 4.35. The Hall–Kier alpha value is -2.37. The first kappa shape index (κ1) is 20.4. The number of hydrogen-bond donors (Lipinski definition) is 3. The van der Waals surface area contributed by atoms with Crippen LogP contribution in [-0.4, -0.2) is 35.0 Å². The van der Waals surface area contributed by atoms with Crippen LogP contribution in [0.15, 0.2) is 30.3 Å². The Kier molecular flexibility index (Phi) is 7.06. The quantitative estimate of drug-likeness (QED) is 0.671. The summed E-state index contributed by atoms with van der Waals surface area (Å²) in [4.78, 5) is 36.4. The van der Waals surface area contributed by atoms with Crippen LogP contribution in [0.1, 0.15) is 56.9 Å². The van der Waals surface area contributed by atoms with E-state index in [1.54, 1.807) is 0 Å². The minimum absolute atomic E-state index is 0.136. The second-order valence-corrected chi connectivity index (χ2v) is 8.13. The molecule has 0 unspecified atom stereocenters. The van der Waals surface area contributed by atoms with Crippen LogP contribution in [0.2, 0.25) is 0 Å². The lowest BCUT2D eigenvalue weighted by molar-refractivity contribution is -0.142. The molecule has 0 heterocycles. The van der Waals surface area contributed by atoms with Crippen molar-refractivity contribution >= 4 is 17.8 Å². The predicted octanol–water partition coefficient (Wildman–Crippen LogP) is 2.66. The molecule has 0 aromatic heterocycles. The Morgan fingerprint density at radius 3 is 2.11 bits per heavy atom. The summed E-state index contributed by atoms with van der Waals surface area (Å²) in [7, 11) is 0. The average molecular weight is 386 g/mol. The first-order chi connectivity index (χ1) is 13.5. The summed E-state index contributed by atoms with van der Waals surface area (Å²) in [6.45, 7) is 0. The third kappa shape index (κ3) is 5.57. The molecule has 0 bridgehead atoms. The summed E-state index contributed by atoms with van der Waals surface area (Å²) < 4.78 is 0. The van der Waals surface area contributed by atoms with Gasteiger partial charge in [-0.3, -0.25) is 9.59 Å². The van der Waals surface area contributed by atoms with E-state index in [2.05, 4.69) is 10.6 Å². The number of amides is 2. The van der Waals surface area contributed by atoms with Crippen molar-refractivity contribution in [2.75, 3.05) is 0 Å². The van der Waals surface area contributed by atoms with Gasteiger partial charge in [0.15, 0.2) is 0 Å². The van der Waals surface area contributed by atoms with E-state index in [9.17, 15) is 19.5 Å². The smallest absolute Gasteiger partial charge is 0.326 e. The summed E-state index contributed by atoms with van der Waals surface area (Å²) in [6.07, 6.45) is 7.42. The first-order valence-corrected chi connectivity index (χ1v) is 10.4. The maximum Gasteiger partial charge on any atom is 0.326 e. The molecule has 2 amide bonds. The molecule has 2 saturated carbocycles. The highest BCUT2D eigenvalue weighted by Gasteiger charge is 2.31. The highest BCUT2D eigenvalue weighted by molar-refractivity contribution is 5.85. The summed E-state index contributed by atoms with van der Waals surface area (Å²) in [5.41, 5.74) is 0.883. The van der Waals surface area contributed by atoms with Gasteiger partial charge in [0, 0.05) is 24.3 Å². The van der Waals surface area contributed by atoms with Crippen molar-refractivity contribution < 1.29 is 19.5 Å². The summed E-state index contributed by atoms with van der Waals surface area (Å²) in [5, 5.41) is 15.3. The molecule has 6 heteroatoms. The van der Waals surface area contributed by atoms with Gasteiger partial charge in [-0.05, 0) is 44.1 Å². The van der Waals surface area contributed by atoms with Gasteiger partial charge in [-0.15, -0.1) is 0 Å². The van der Waals surface area contributed by atoms with E-state index >= 15 is 0 Å². The highest BCUT2D eigenvalue weighted by atomic mass is 16.4. The molecule has 0 saturated heterocycles. The lowest BCUT2D eigenvalue weighted by Crippen LogP contribution is -2.47. The fourth-order valence-corrected chi connectivity index (χ4v) is 4.35. The Bertz CT molecular complexity index is 677. The Balaban J connectivity index is 1.45. The van der Waals surface area contributed by atoms with Gasteiger partial charge in [-0.25, -0.2) is 4.79 Å². The normalized spacial score (nSPS) is 23.7. The second-order valence-electron chi connectivity index (χ2n) is 8.13. The largest absolute Gasteiger partial charge is 0.480 e. The van der Waals surface area contributed by atoms with Crippen molar-refractivity contribution in [3.63, 3.8) is 0 Å². The molecule has 152 valence electrons. The van der Waals surface area contributed by atoms with Gasteiger partial charge in [0.25, 0.3) is 0 Å². The molecule has 6 nitrogen and oxygen atoms in total. The van der Waals surface area contributed by atoms with Gasteiger partial charge in [0.1, 0.15) is 6.04 Å². The predicted molar refractivity (Wildman–Crippen MR) is 106 cm³/mol.